The number of aliphatic hydroxyl groups excluding tert-OH is 1. The van der Waals surface area contributed by atoms with E-state index in [1.54, 1.807) is 0 Å². The van der Waals surface area contributed by atoms with Gasteiger partial charge in [-0.3, -0.25) is 25.2 Å². The van der Waals surface area contributed by atoms with Gasteiger partial charge in [0.15, 0.2) is 5.78 Å². The van der Waals surface area contributed by atoms with Gasteiger partial charge in [-0.25, -0.2) is 0 Å². The molecule has 0 saturated carbocycles. The van der Waals surface area contributed by atoms with Crippen LogP contribution in [-0.4, -0.2) is 88.8 Å². The predicted molar refractivity (Wildman–Crippen MR) is 164 cm³/mol. The molecule has 0 aliphatic carbocycles. The lowest BCUT2D eigenvalue weighted by Gasteiger charge is -2.40. The molecule has 0 bridgehead atoms. The lowest BCUT2D eigenvalue weighted by atomic mass is 9.96. The summed E-state index contributed by atoms with van der Waals surface area (Å²) >= 11 is 0. The second-order valence-corrected chi connectivity index (χ2v) is 10.6. The number of fused-ring (bicyclic) bond motifs is 3. The Kier molecular flexibility index (Phi) is 12.2. The van der Waals surface area contributed by atoms with Crippen molar-refractivity contribution >= 4 is 30.6 Å². The monoisotopic (exact) mass is 605 g/mol. The Balaban J connectivity index is 0.00000154. The minimum Gasteiger partial charge on any atom is -0.489 e. The number of hydrogen-bond donors (Lipinski definition) is 3. The molecule has 2 saturated heterocycles. The summed E-state index contributed by atoms with van der Waals surface area (Å²) in [5.41, 5.74) is 3.70. The molecule has 1 aromatic heterocycles. The molecule has 2 aromatic carbocycles. The first-order chi connectivity index (χ1) is 18.7. The number of Topliss-reactive ketones (excluding diaryl/α,β-unsaturated/α-hetero) is 1. The van der Waals surface area contributed by atoms with Gasteiger partial charge in [0.1, 0.15) is 30.7 Å². The average molecular weight is 607 g/mol. The second-order valence-electron chi connectivity index (χ2n) is 10.6. The van der Waals surface area contributed by atoms with Crippen LogP contribution < -0.4 is 15.4 Å². The number of halogens is 2. The van der Waals surface area contributed by atoms with E-state index in [0.717, 1.165) is 37.6 Å². The quantitative estimate of drug-likeness (QED) is 0.361. The van der Waals surface area contributed by atoms with Gasteiger partial charge in [-0.1, -0.05) is 60.7 Å². The zero-order valence-electron chi connectivity index (χ0n) is 23.0. The van der Waals surface area contributed by atoms with E-state index < -0.39 is 6.10 Å². The summed E-state index contributed by atoms with van der Waals surface area (Å²) in [6, 6.07) is 23.5. The summed E-state index contributed by atoms with van der Waals surface area (Å²) in [7, 11) is 0. The molecule has 41 heavy (non-hydrogen) atoms. The molecule has 3 unspecified atom stereocenters. The van der Waals surface area contributed by atoms with E-state index in [-0.39, 0.29) is 60.9 Å². The van der Waals surface area contributed by atoms with Gasteiger partial charge < -0.3 is 19.9 Å². The van der Waals surface area contributed by atoms with Gasteiger partial charge in [0.2, 0.25) is 0 Å². The van der Waals surface area contributed by atoms with Crippen molar-refractivity contribution in [2.45, 2.75) is 37.3 Å². The number of aliphatic hydroxyl groups is 1. The van der Waals surface area contributed by atoms with Crippen LogP contribution in [0.3, 0.4) is 0 Å². The van der Waals surface area contributed by atoms with E-state index in [1.807, 2.05) is 12.3 Å². The first-order valence-corrected chi connectivity index (χ1v) is 13.7. The van der Waals surface area contributed by atoms with E-state index in [2.05, 4.69) is 85.7 Å². The summed E-state index contributed by atoms with van der Waals surface area (Å²) < 4.78 is 8.10. The molecule has 0 spiro atoms. The molecule has 3 aliphatic heterocycles. The van der Waals surface area contributed by atoms with Crippen LogP contribution in [0.15, 0.2) is 72.9 Å². The van der Waals surface area contributed by atoms with Crippen molar-refractivity contribution < 1.29 is 20.1 Å². The van der Waals surface area contributed by atoms with Gasteiger partial charge in [-0.05, 0) is 11.1 Å². The van der Waals surface area contributed by atoms with E-state index in [4.69, 9.17) is 4.74 Å². The predicted octanol–water partition coefficient (Wildman–Crippen LogP) is 2.19. The van der Waals surface area contributed by atoms with Crippen molar-refractivity contribution in [2.24, 2.45) is 0 Å². The summed E-state index contributed by atoms with van der Waals surface area (Å²) in [6.45, 7) is 5.85. The van der Waals surface area contributed by atoms with Gasteiger partial charge in [0.05, 0.1) is 6.04 Å². The standard InChI is InChI=1S/C30H37N5O3.2ClH.H2O/c36-25(21-38-26-17-24-18-32-28-27(37)11-12-31-30(28)35(24)20-26)19-33-13-15-34(16-14-33)29(22-7-3-1-4-8-22)23-9-5-2-6-10-23;;;/h1-10,17,20,25,28-32,36H,11-16,18-19,21H2;2*1H;1H2. The zero-order chi connectivity index (χ0) is 25.9. The van der Waals surface area contributed by atoms with Crippen LogP contribution in [0.25, 0.3) is 0 Å². The average Bonchev–Trinajstić information content (AvgIpc) is 3.38. The number of β-amino-alcohol motifs (C(OH)–C–C–N with tert-alkyl or cyclic N) is 1. The molecule has 9 nitrogen and oxygen atoms in total. The lowest BCUT2D eigenvalue weighted by Crippen LogP contribution is -2.56. The van der Waals surface area contributed by atoms with Crippen LogP contribution in [0.4, 0.5) is 0 Å². The summed E-state index contributed by atoms with van der Waals surface area (Å²) in [5, 5.41) is 17.5. The number of nitrogens with one attached hydrogen (secondary N) is 2. The van der Waals surface area contributed by atoms with Crippen molar-refractivity contribution in [3.05, 3.63) is 89.7 Å². The molecular formula is C30H41Cl2N5O4. The molecule has 2 fully saturated rings. The first kappa shape index (κ1) is 33.0. The molecule has 6 rings (SSSR count). The SMILES string of the molecule is Cl.Cl.O.O=C1CCNC2C1NCc1cc(OCC(O)CN3CCN(C(c4ccccc4)c4ccccc4)CC3)cn12. The van der Waals surface area contributed by atoms with Crippen LogP contribution in [0.1, 0.15) is 35.4 Å². The fraction of sp³-hybridized carbons (Fsp3) is 0.433. The maximum absolute atomic E-state index is 12.3. The lowest BCUT2D eigenvalue weighted by molar-refractivity contribution is -0.124. The van der Waals surface area contributed by atoms with Crippen molar-refractivity contribution in [3.63, 3.8) is 0 Å². The zero-order valence-corrected chi connectivity index (χ0v) is 24.7. The van der Waals surface area contributed by atoms with Crippen LogP contribution in [0.5, 0.6) is 5.75 Å². The summed E-state index contributed by atoms with van der Waals surface area (Å²) in [6.07, 6.45) is 1.87. The van der Waals surface area contributed by atoms with Crippen molar-refractivity contribution in [3.8, 4) is 5.75 Å². The van der Waals surface area contributed by atoms with Crippen LogP contribution in [0, 0.1) is 0 Å². The Labute approximate surface area is 254 Å². The molecule has 0 amide bonds. The third-order valence-corrected chi connectivity index (χ3v) is 8.01. The normalized spacial score (nSPS) is 21.5. The fourth-order valence-corrected chi connectivity index (χ4v) is 6.10. The highest BCUT2D eigenvalue weighted by Gasteiger charge is 2.36. The molecule has 0 radical (unpaired) electrons. The highest BCUT2D eigenvalue weighted by atomic mass is 35.5. The van der Waals surface area contributed by atoms with Crippen molar-refractivity contribution in [1.29, 1.82) is 0 Å². The Morgan fingerprint density at radius 3 is 2.20 bits per heavy atom. The van der Waals surface area contributed by atoms with Crippen LogP contribution in [0.2, 0.25) is 0 Å². The van der Waals surface area contributed by atoms with Gasteiger partial charge in [0.25, 0.3) is 0 Å². The number of benzene rings is 2. The van der Waals surface area contributed by atoms with Gasteiger partial charge in [-0.15, -0.1) is 24.8 Å². The van der Waals surface area contributed by atoms with Gasteiger partial charge in [0, 0.05) is 70.2 Å². The molecule has 11 heteroatoms. The van der Waals surface area contributed by atoms with Gasteiger partial charge in [-0.2, -0.15) is 0 Å². The summed E-state index contributed by atoms with van der Waals surface area (Å²) in [4.78, 5) is 17.1. The Morgan fingerprint density at radius 1 is 0.927 bits per heavy atom. The Morgan fingerprint density at radius 2 is 1.56 bits per heavy atom. The number of carbonyl (C=O) groups excluding carboxylic acids is 1. The number of aromatic nitrogens is 1. The Bertz CT molecular complexity index is 1180. The smallest absolute Gasteiger partial charge is 0.154 e. The van der Waals surface area contributed by atoms with Crippen LogP contribution in [-0.2, 0) is 11.3 Å². The molecule has 5 N–H and O–H groups in total. The minimum absolute atomic E-state index is 0. The molecular weight excluding hydrogens is 565 g/mol. The fourth-order valence-electron chi connectivity index (χ4n) is 6.10. The minimum atomic E-state index is -0.572. The second kappa shape index (κ2) is 15.1. The third kappa shape index (κ3) is 7.49. The van der Waals surface area contributed by atoms with E-state index in [0.29, 0.717) is 26.1 Å². The number of carbonyl (C=O) groups is 1. The Hall–Kier alpha value is -2.47. The maximum Gasteiger partial charge on any atom is 0.154 e. The van der Waals surface area contributed by atoms with E-state index >= 15 is 0 Å². The third-order valence-electron chi connectivity index (χ3n) is 8.01. The summed E-state index contributed by atoms with van der Waals surface area (Å²) in [5.74, 6) is 0.990. The molecule has 224 valence electrons. The van der Waals surface area contributed by atoms with Crippen molar-refractivity contribution in [2.75, 3.05) is 45.9 Å². The molecule has 3 atom stereocenters. The number of ether oxygens (including phenoxy) is 1. The number of piperidine rings is 1. The highest BCUT2D eigenvalue weighted by Crippen LogP contribution is 2.30. The van der Waals surface area contributed by atoms with Crippen LogP contribution >= 0.6 is 24.8 Å². The molecule has 3 aliphatic rings. The number of rotatable bonds is 8. The maximum atomic E-state index is 12.3. The number of nitrogens with zero attached hydrogens (tertiary/aromatic N) is 3. The first-order valence-electron chi connectivity index (χ1n) is 13.7. The highest BCUT2D eigenvalue weighted by molar-refractivity contribution is 5.86. The topological polar surface area (TPSA) is 114 Å². The van der Waals surface area contributed by atoms with Gasteiger partial charge >= 0.3 is 0 Å². The van der Waals surface area contributed by atoms with Crippen molar-refractivity contribution in [1.82, 2.24) is 25.0 Å². The molecule has 4 heterocycles. The molecule has 3 aromatic rings. The largest absolute Gasteiger partial charge is 0.489 e. The van der Waals surface area contributed by atoms with E-state index in [1.165, 1.54) is 11.1 Å². The van der Waals surface area contributed by atoms with E-state index in [9.17, 15) is 9.90 Å². The number of hydrogen-bond acceptors (Lipinski definition) is 7. The number of ketones is 1. The number of piperazine rings is 1.